The highest BCUT2D eigenvalue weighted by molar-refractivity contribution is 7.26. The molecule has 3 heteroatoms. The second-order valence-electron chi connectivity index (χ2n) is 12.7. The van der Waals surface area contributed by atoms with Crippen molar-refractivity contribution in [1.29, 1.82) is 0 Å². The zero-order valence-electron chi connectivity index (χ0n) is 27.5. The number of benzene rings is 8. The van der Waals surface area contributed by atoms with Gasteiger partial charge in [-0.2, -0.15) is 0 Å². The van der Waals surface area contributed by atoms with Crippen LogP contribution in [0.2, 0.25) is 0 Å². The van der Waals surface area contributed by atoms with Crippen LogP contribution in [-0.4, -0.2) is 0 Å². The van der Waals surface area contributed by atoms with Crippen LogP contribution in [0.15, 0.2) is 170 Å². The van der Waals surface area contributed by atoms with E-state index in [1.54, 1.807) is 0 Å². The summed E-state index contributed by atoms with van der Waals surface area (Å²) < 4.78 is 2.63. The van der Waals surface area contributed by atoms with Crippen LogP contribution >= 0.6 is 11.3 Å². The van der Waals surface area contributed by atoms with Gasteiger partial charge in [0.05, 0.1) is 0 Å². The zero-order chi connectivity index (χ0) is 32.9. The molecule has 49 heavy (non-hydrogen) atoms. The summed E-state index contributed by atoms with van der Waals surface area (Å²) in [5.41, 5.74) is 9.46. The molecule has 0 amide bonds. The van der Waals surface area contributed by atoms with Crippen molar-refractivity contribution in [1.82, 2.24) is 0 Å². The number of aryl methyl sites for hydroxylation is 2. The molecule has 2 nitrogen and oxygen atoms in total. The summed E-state index contributed by atoms with van der Waals surface area (Å²) in [6.07, 6.45) is 0. The van der Waals surface area contributed by atoms with Crippen molar-refractivity contribution in [3.8, 4) is 0 Å². The van der Waals surface area contributed by atoms with Crippen molar-refractivity contribution in [2.24, 2.45) is 0 Å². The Labute approximate surface area is 290 Å². The molecule has 234 valence electrons. The molecule has 0 aliphatic rings. The van der Waals surface area contributed by atoms with Gasteiger partial charge < -0.3 is 9.80 Å². The normalized spacial score (nSPS) is 11.5. The highest BCUT2D eigenvalue weighted by atomic mass is 32.1. The van der Waals surface area contributed by atoms with Gasteiger partial charge in [0.15, 0.2) is 0 Å². The van der Waals surface area contributed by atoms with Crippen LogP contribution in [0.4, 0.5) is 34.1 Å². The zero-order valence-corrected chi connectivity index (χ0v) is 28.3. The van der Waals surface area contributed by atoms with Crippen molar-refractivity contribution < 1.29 is 0 Å². The number of rotatable bonds is 6. The number of fused-ring (bicyclic) bond motifs is 7. The summed E-state index contributed by atoms with van der Waals surface area (Å²) in [7, 11) is 0. The van der Waals surface area contributed by atoms with Crippen molar-refractivity contribution in [2.75, 3.05) is 9.80 Å². The van der Waals surface area contributed by atoms with Crippen molar-refractivity contribution in [3.63, 3.8) is 0 Å². The number of hydrogen-bond acceptors (Lipinski definition) is 3. The van der Waals surface area contributed by atoms with Crippen LogP contribution in [0.3, 0.4) is 0 Å². The van der Waals surface area contributed by atoms with Crippen molar-refractivity contribution in [3.05, 3.63) is 181 Å². The minimum Gasteiger partial charge on any atom is -0.310 e. The lowest BCUT2D eigenvalue weighted by Gasteiger charge is -2.27. The molecule has 0 atom stereocenters. The first-order valence-electron chi connectivity index (χ1n) is 16.8. The molecule has 1 aromatic heterocycles. The average molecular weight is 647 g/mol. The monoisotopic (exact) mass is 646 g/mol. The fraction of sp³-hybridized carbons (Fsp3) is 0.0435. The maximum absolute atomic E-state index is 2.37. The third kappa shape index (κ3) is 5.02. The lowest BCUT2D eigenvalue weighted by Crippen LogP contribution is -2.11. The molecule has 0 saturated heterocycles. The largest absolute Gasteiger partial charge is 0.310 e. The Balaban J connectivity index is 1.22. The molecule has 0 aliphatic carbocycles. The van der Waals surface area contributed by atoms with Crippen LogP contribution in [0, 0.1) is 13.8 Å². The maximum Gasteiger partial charge on any atom is 0.0490 e. The second kappa shape index (κ2) is 12.0. The van der Waals surface area contributed by atoms with E-state index in [2.05, 4.69) is 194 Å². The average Bonchev–Trinajstić information content (AvgIpc) is 3.54. The molecule has 0 N–H and O–H groups in total. The molecule has 0 bridgehead atoms. The predicted molar refractivity (Wildman–Crippen MR) is 213 cm³/mol. The second-order valence-corrected chi connectivity index (χ2v) is 13.8. The topological polar surface area (TPSA) is 6.48 Å². The van der Waals surface area contributed by atoms with E-state index in [-0.39, 0.29) is 0 Å². The Bertz CT molecular complexity index is 2460. The van der Waals surface area contributed by atoms with E-state index in [0.29, 0.717) is 0 Å². The number of para-hydroxylation sites is 4. The van der Waals surface area contributed by atoms with Gasteiger partial charge in [0, 0.05) is 54.3 Å². The molecular formula is C46H34N2S. The Hall–Kier alpha value is -5.90. The molecule has 0 fully saturated rings. The Morgan fingerprint density at radius 1 is 0.367 bits per heavy atom. The standard InChI is InChI=1S/C46H34N2S/c1-31-13-9-11-19-41(31)47(35-15-5-3-6-16-35)37-23-25-39-33(29-37)21-27-43-45(39)46-40-26-24-38(30-34(40)22-28-44(46)49-43)48(36-17-7-4-8-18-36)42-20-12-10-14-32(42)2/h3-30H,1-2H3. The number of anilines is 6. The summed E-state index contributed by atoms with van der Waals surface area (Å²) in [4.78, 5) is 4.74. The van der Waals surface area contributed by atoms with Gasteiger partial charge in [0.25, 0.3) is 0 Å². The van der Waals surface area contributed by atoms with Crippen LogP contribution in [-0.2, 0) is 0 Å². The van der Waals surface area contributed by atoms with Gasteiger partial charge in [0.2, 0.25) is 0 Å². The lowest BCUT2D eigenvalue weighted by molar-refractivity contribution is 1.25. The van der Waals surface area contributed by atoms with Crippen LogP contribution in [0.5, 0.6) is 0 Å². The Morgan fingerprint density at radius 2 is 0.776 bits per heavy atom. The molecule has 8 aromatic carbocycles. The van der Waals surface area contributed by atoms with Gasteiger partial charge in [-0.05, 0) is 119 Å². The molecular weight excluding hydrogens is 613 g/mol. The number of thiophene rings is 1. The highest BCUT2D eigenvalue weighted by Crippen LogP contribution is 2.45. The third-order valence-corrected chi connectivity index (χ3v) is 10.8. The predicted octanol–water partition coefficient (Wildman–Crippen LogP) is 13.9. The molecule has 0 aliphatic heterocycles. The maximum atomic E-state index is 2.37. The molecule has 0 unspecified atom stereocenters. The van der Waals surface area contributed by atoms with Crippen LogP contribution < -0.4 is 9.80 Å². The van der Waals surface area contributed by atoms with E-state index in [9.17, 15) is 0 Å². The molecule has 0 saturated carbocycles. The van der Waals surface area contributed by atoms with Crippen molar-refractivity contribution in [2.45, 2.75) is 13.8 Å². The van der Waals surface area contributed by atoms with Gasteiger partial charge >= 0.3 is 0 Å². The first kappa shape index (κ1) is 29.3. The minimum atomic E-state index is 1.15. The summed E-state index contributed by atoms with van der Waals surface area (Å²) in [6.45, 7) is 4.37. The van der Waals surface area contributed by atoms with Crippen LogP contribution in [0.1, 0.15) is 11.1 Å². The number of nitrogens with zero attached hydrogens (tertiary/aromatic N) is 2. The summed E-state index contributed by atoms with van der Waals surface area (Å²) in [6, 6.07) is 61.7. The SMILES string of the molecule is Cc1ccccc1N(c1ccccc1)c1ccc2c(ccc3sc4ccc5cc(N(c6ccccc6)c6ccccc6C)ccc5c4c32)c1. The molecule has 9 aromatic rings. The lowest BCUT2D eigenvalue weighted by atomic mass is 9.98. The Morgan fingerprint density at radius 3 is 1.20 bits per heavy atom. The van der Waals surface area contributed by atoms with E-state index < -0.39 is 0 Å². The first-order chi connectivity index (χ1) is 24.1. The quantitative estimate of drug-likeness (QED) is 0.177. The van der Waals surface area contributed by atoms with Gasteiger partial charge in [0.1, 0.15) is 0 Å². The van der Waals surface area contributed by atoms with Crippen molar-refractivity contribution >= 4 is 87.2 Å². The molecule has 1 heterocycles. The highest BCUT2D eigenvalue weighted by Gasteiger charge is 2.19. The molecule has 0 radical (unpaired) electrons. The fourth-order valence-electron chi connectivity index (χ4n) is 7.31. The van der Waals surface area contributed by atoms with E-state index in [1.807, 2.05) is 11.3 Å². The summed E-state index contributed by atoms with van der Waals surface area (Å²) in [5.74, 6) is 0. The summed E-state index contributed by atoms with van der Waals surface area (Å²) >= 11 is 1.88. The van der Waals surface area contributed by atoms with E-state index >= 15 is 0 Å². The fourth-order valence-corrected chi connectivity index (χ4v) is 8.45. The molecule has 0 spiro atoms. The van der Waals surface area contributed by atoms with E-state index in [1.165, 1.54) is 64.2 Å². The van der Waals surface area contributed by atoms with E-state index in [0.717, 1.165) is 22.7 Å². The van der Waals surface area contributed by atoms with Gasteiger partial charge in [-0.3, -0.25) is 0 Å². The van der Waals surface area contributed by atoms with Gasteiger partial charge in [-0.1, -0.05) is 97.1 Å². The Kier molecular flexibility index (Phi) is 7.14. The molecule has 9 rings (SSSR count). The van der Waals surface area contributed by atoms with E-state index in [4.69, 9.17) is 0 Å². The van der Waals surface area contributed by atoms with Gasteiger partial charge in [-0.25, -0.2) is 0 Å². The number of hydrogen-bond donors (Lipinski definition) is 0. The summed E-state index contributed by atoms with van der Waals surface area (Å²) in [5, 5.41) is 7.72. The van der Waals surface area contributed by atoms with Gasteiger partial charge in [-0.15, -0.1) is 11.3 Å². The smallest absolute Gasteiger partial charge is 0.0490 e. The third-order valence-electron chi connectivity index (χ3n) is 9.66. The van der Waals surface area contributed by atoms with Crippen LogP contribution in [0.25, 0.3) is 41.7 Å². The minimum absolute atomic E-state index is 1.15. The first-order valence-corrected chi connectivity index (χ1v) is 17.6.